The smallest absolute Gasteiger partial charge is 0.324 e. The molecule has 5 rings (SSSR count). The number of carbonyl (C=O) groups excluding carboxylic acids is 1. The Hall–Kier alpha value is -2.64. The second kappa shape index (κ2) is 5.96. The van der Waals surface area contributed by atoms with Gasteiger partial charge in [-0.05, 0) is 25.7 Å². The Kier molecular flexibility index (Phi) is 3.58. The zero-order chi connectivity index (χ0) is 17.7. The van der Waals surface area contributed by atoms with Crippen molar-refractivity contribution >= 4 is 17.5 Å². The van der Waals surface area contributed by atoms with E-state index < -0.39 is 0 Å². The van der Waals surface area contributed by atoms with Gasteiger partial charge in [0.2, 0.25) is 0 Å². The maximum atomic E-state index is 12.1. The molecule has 2 aromatic rings. The number of likely N-dealkylation sites (N-methyl/N-ethyl adjacent to an activating group) is 1. The van der Waals surface area contributed by atoms with Crippen LogP contribution < -0.4 is 9.80 Å². The lowest BCUT2D eigenvalue weighted by Gasteiger charge is -2.41. The first-order chi connectivity index (χ1) is 12.7. The highest BCUT2D eigenvalue weighted by molar-refractivity contribution is 5.93. The number of rotatable bonds is 3. The third-order valence-corrected chi connectivity index (χ3v) is 5.75. The molecule has 2 amide bonds. The van der Waals surface area contributed by atoms with Gasteiger partial charge in [0.25, 0.3) is 0 Å². The van der Waals surface area contributed by atoms with E-state index in [0.717, 1.165) is 50.5 Å². The predicted octanol–water partition coefficient (Wildman–Crippen LogP) is 1.48. The maximum Gasteiger partial charge on any atom is 0.324 e. The molecule has 1 aliphatic carbocycles. The van der Waals surface area contributed by atoms with Crippen LogP contribution in [0.1, 0.15) is 30.1 Å². The molecule has 0 atom stereocenters. The van der Waals surface area contributed by atoms with Crippen molar-refractivity contribution in [3.05, 3.63) is 30.0 Å². The average Bonchev–Trinajstić information content (AvgIpc) is 3.22. The molecule has 8 nitrogen and oxygen atoms in total. The lowest BCUT2D eigenvalue weighted by atomic mass is 9.95. The number of anilines is 2. The van der Waals surface area contributed by atoms with Gasteiger partial charge in [-0.25, -0.2) is 14.8 Å². The molecule has 26 heavy (non-hydrogen) atoms. The Morgan fingerprint density at radius 2 is 1.96 bits per heavy atom. The van der Waals surface area contributed by atoms with Crippen LogP contribution in [0.2, 0.25) is 0 Å². The number of nitrogens with zero attached hydrogens (tertiary/aromatic N) is 7. The standard InChI is InChI=1S/C18H23N7O/c1-22-6-7-24(18(22)26)13-8-21-25(11-13)14-9-23(10-14)17-15-4-2-3-5-16(15)19-12-20-17/h8,11-12,14H,2-7,9-10H2,1H3. The molecule has 2 aromatic heterocycles. The van der Waals surface area contributed by atoms with Gasteiger partial charge >= 0.3 is 6.03 Å². The van der Waals surface area contributed by atoms with Crippen molar-refractivity contribution in [3.8, 4) is 0 Å². The van der Waals surface area contributed by atoms with E-state index in [0.29, 0.717) is 6.04 Å². The van der Waals surface area contributed by atoms with Crippen LogP contribution in [0.5, 0.6) is 0 Å². The zero-order valence-corrected chi connectivity index (χ0v) is 15.0. The molecular weight excluding hydrogens is 330 g/mol. The average molecular weight is 353 g/mol. The third kappa shape index (κ3) is 2.43. The van der Waals surface area contributed by atoms with Gasteiger partial charge in [0.15, 0.2) is 0 Å². The van der Waals surface area contributed by atoms with E-state index in [2.05, 4.69) is 20.0 Å². The van der Waals surface area contributed by atoms with E-state index in [9.17, 15) is 4.79 Å². The Balaban J connectivity index is 1.29. The van der Waals surface area contributed by atoms with E-state index in [1.165, 1.54) is 24.1 Å². The fraction of sp³-hybridized carbons (Fsp3) is 0.556. The highest BCUT2D eigenvalue weighted by Gasteiger charge is 2.34. The van der Waals surface area contributed by atoms with Crippen LogP contribution in [-0.4, -0.2) is 63.9 Å². The van der Waals surface area contributed by atoms with Crippen LogP contribution >= 0.6 is 0 Å². The normalized spacial score (nSPS) is 20.5. The molecule has 2 fully saturated rings. The molecule has 0 bridgehead atoms. The highest BCUT2D eigenvalue weighted by atomic mass is 16.2. The molecule has 0 spiro atoms. The van der Waals surface area contributed by atoms with Crippen molar-refractivity contribution in [3.63, 3.8) is 0 Å². The first kappa shape index (κ1) is 15.6. The second-order valence-electron chi connectivity index (χ2n) is 7.42. The van der Waals surface area contributed by atoms with Crippen molar-refractivity contribution in [2.45, 2.75) is 31.7 Å². The lowest BCUT2D eigenvalue weighted by molar-refractivity contribution is 0.229. The number of fused-ring (bicyclic) bond motifs is 1. The van der Waals surface area contributed by atoms with Crippen LogP contribution in [0.25, 0.3) is 0 Å². The first-order valence-corrected chi connectivity index (χ1v) is 9.35. The summed E-state index contributed by atoms with van der Waals surface area (Å²) in [5, 5.41) is 4.50. The molecule has 2 aliphatic heterocycles. The molecule has 2 saturated heterocycles. The van der Waals surface area contributed by atoms with Crippen LogP contribution in [0.15, 0.2) is 18.7 Å². The van der Waals surface area contributed by atoms with Gasteiger partial charge in [-0.2, -0.15) is 5.10 Å². The fourth-order valence-electron chi connectivity index (χ4n) is 4.13. The van der Waals surface area contributed by atoms with Crippen LogP contribution in [0, 0.1) is 0 Å². The van der Waals surface area contributed by atoms with E-state index in [1.54, 1.807) is 22.3 Å². The van der Waals surface area contributed by atoms with Crippen LogP contribution in [-0.2, 0) is 12.8 Å². The van der Waals surface area contributed by atoms with Crippen molar-refractivity contribution < 1.29 is 4.79 Å². The maximum absolute atomic E-state index is 12.1. The number of amides is 2. The molecule has 136 valence electrons. The summed E-state index contributed by atoms with van der Waals surface area (Å²) in [6, 6.07) is 0.376. The Morgan fingerprint density at radius 3 is 2.77 bits per heavy atom. The van der Waals surface area contributed by atoms with Gasteiger partial charge in [0.1, 0.15) is 12.1 Å². The number of hydrogen-bond donors (Lipinski definition) is 0. The van der Waals surface area contributed by atoms with Crippen molar-refractivity contribution in [1.82, 2.24) is 24.6 Å². The van der Waals surface area contributed by atoms with E-state index >= 15 is 0 Å². The minimum Gasteiger partial charge on any atom is -0.352 e. The van der Waals surface area contributed by atoms with Gasteiger partial charge in [-0.3, -0.25) is 9.58 Å². The number of aromatic nitrogens is 4. The lowest BCUT2D eigenvalue weighted by Crippen LogP contribution is -2.49. The topological polar surface area (TPSA) is 70.4 Å². The molecule has 0 radical (unpaired) electrons. The summed E-state index contributed by atoms with van der Waals surface area (Å²) in [5.41, 5.74) is 3.45. The Morgan fingerprint density at radius 1 is 1.12 bits per heavy atom. The van der Waals surface area contributed by atoms with E-state index in [1.807, 2.05) is 17.9 Å². The summed E-state index contributed by atoms with van der Waals surface area (Å²) in [7, 11) is 1.83. The van der Waals surface area contributed by atoms with Gasteiger partial charge in [-0.1, -0.05) is 0 Å². The Bertz CT molecular complexity index is 842. The van der Waals surface area contributed by atoms with E-state index in [4.69, 9.17) is 0 Å². The van der Waals surface area contributed by atoms with Gasteiger partial charge < -0.3 is 9.80 Å². The van der Waals surface area contributed by atoms with Gasteiger partial charge in [0.05, 0.1) is 17.9 Å². The predicted molar refractivity (Wildman–Crippen MR) is 97.5 cm³/mol. The van der Waals surface area contributed by atoms with Crippen molar-refractivity contribution in [1.29, 1.82) is 0 Å². The number of aryl methyl sites for hydroxylation is 1. The number of carbonyl (C=O) groups is 1. The molecule has 3 aliphatic rings. The highest BCUT2D eigenvalue weighted by Crippen LogP contribution is 2.33. The number of hydrogen-bond acceptors (Lipinski definition) is 5. The minimum atomic E-state index is 0.0485. The molecular formula is C18H23N7O. The monoisotopic (exact) mass is 353 g/mol. The van der Waals surface area contributed by atoms with Gasteiger partial charge in [0, 0.05) is 50.7 Å². The quantitative estimate of drug-likeness (QED) is 0.836. The SMILES string of the molecule is CN1CCN(c2cnn(C3CN(c4ncnc5c4CCCC5)C3)c2)C1=O. The molecule has 4 heterocycles. The summed E-state index contributed by atoms with van der Waals surface area (Å²) in [6.45, 7) is 3.29. The second-order valence-corrected chi connectivity index (χ2v) is 7.42. The largest absolute Gasteiger partial charge is 0.352 e. The molecule has 0 N–H and O–H groups in total. The summed E-state index contributed by atoms with van der Waals surface area (Å²) in [4.78, 5) is 27.0. The molecule has 0 aromatic carbocycles. The van der Waals surface area contributed by atoms with Crippen molar-refractivity contribution in [2.75, 3.05) is 43.0 Å². The third-order valence-electron chi connectivity index (χ3n) is 5.75. The van der Waals surface area contributed by atoms with Crippen LogP contribution in [0.3, 0.4) is 0 Å². The van der Waals surface area contributed by atoms with E-state index in [-0.39, 0.29) is 6.03 Å². The Labute approximate surface area is 152 Å². The van der Waals surface area contributed by atoms with Crippen molar-refractivity contribution in [2.24, 2.45) is 0 Å². The first-order valence-electron chi connectivity index (χ1n) is 9.35. The summed E-state index contributed by atoms with van der Waals surface area (Å²) < 4.78 is 1.99. The van der Waals surface area contributed by atoms with Crippen LogP contribution in [0.4, 0.5) is 16.3 Å². The fourth-order valence-corrected chi connectivity index (χ4v) is 4.13. The minimum absolute atomic E-state index is 0.0485. The molecule has 0 unspecified atom stereocenters. The summed E-state index contributed by atoms with van der Waals surface area (Å²) in [5.74, 6) is 1.11. The van der Waals surface area contributed by atoms with Gasteiger partial charge in [-0.15, -0.1) is 0 Å². The summed E-state index contributed by atoms with van der Waals surface area (Å²) >= 11 is 0. The number of urea groups is 1. The zero-order valence-electron chi connectivity index (χ0n) is 15.0. The molecule has 0 saturated carbocycles. The molecule has 8 heteroatoms. The summed E-state index contributed by atoms with van der Waals surface area (Å²) in [6.07, 6.45) is 10.1.